The Hall–Kier alpha value is -4.40. The van der Waals surface area contributed by atoms with Crippen LogP contribution in [0.2, 0.25) is 0 Å². The van der Waals surface area contributed by atoms with Crippen molar-refractivity contribution in [3.8, 4) is 16.9 Å². The molecule has 4 rings (SSSR count). The van der Waals surface area contributed by atoms with E-state index < -0.39 is 11.9 Å². The van der Waals surface area contributed by atoms with Crippen molar-refractivity contribution in [1.29, 1.82) is 0 Å². The van der Waals surface area contributed by atoms with Crippen molar-refractivity contribution in [2.24, 2.45) is 0 Å². The number of hydrogen-bond donors (Lipinski definition) is 3. The molecule has 9 nitrogen and oxygen atoms in total. The number of ether oxygens (including phenoxy) is 1. The molecule has 0 fully saturated rings. The minimum Gasteiger partial charge on any atom is -0.497 e. The normalized spacial score (nSPS) is 10.7. The summed E-state index contributed by atoms with van der Waals surface area (Å²) in [5, 5.41) is 16.0. The van der Waals surface area contributed by atoms with Crippen LogP contribution in [0.25, 0.3) is 16.8 Å². The number of nitrogens with one attached hydrogen (secondary N) is 1. The summed E-state index contributed by atoms with van der Waals surface area (Å²) in [6, 6.07) is 13.3. The van der Waals surface area contributed by atoms with Crippen molar-refractivity contribution in [3.05, 3.63) is 72.1 Å². The maximum atomic E-state index is 12.7. The SMILES string of the molecule is COc1ccc(-c2cnn3c(N)c(C(=O)Nc4cccc(C(=O)O)c4)cnc23)cc1. The fraction of sp³-hybridized carbons (Fsp3) is 0.0476. The molecule has 0 spiro atoms. The Morgan fingerprint density at radius 2 is 1.90 bits per heavy atom. The van der Waals surface area contributed by atoms with E-state index in [0.717, 1.165) is 16.9 Å². The van der Waals surface area contributed by atoms with Crippen LogP contribution >= 0.6 is 0 Å². The number of benzene rings is 2. The summed E-state index contributed by atoms with van der Waals surface area (Å²) >= 11 is 0. The molecule has 4 aromatic rings. The van der Waals surface area contributed by atoms with E-state index in [1.165, 1.54) is 22.8 Å². The van der Waals surface area contributed by atoms with Crippen molar-refractivity contribution < 1.29 is 19.4 Å². The highest BCUT2D eigenvalue weighted by Gasteiger charge is 2.17. The van der Waals surface area contributed by atoms with Gasteiger partial charge in [-0.2, -0.15) is 9.61 Å². The molecular formula is C21H17N5O4. The molecule has 9 heteroatoms. The standard InChI is InChI=1S/C21H17N5O4/c1-30-15-7-5-12(6-8-15)16-11-24-26-18(22)17(10-23-19(16)26)20(27)25-14-4-2-3-13(9-14)21(28)29/h2-11H,22H2,1H3,(H,25,27)(H,28,29). The molecule has 2 aromatic heterocycles. The average molecular weight is 403 g/mol. The van der Waals surface area contributed by atoms with Crippen LogP contribution in [0.5, 0.6) is 5.75 Å². The van der Waals surface area contributed by atoms with Crippen molar-refractivity contribution in [1.82, 2.24) is 14.6 Å². The van der Waals surface area contributed by atoms with Gasteiger partial charge in [0.1, 0.15) is 17.1 Å². The summed E-state index contributed by atoms with van der Waals surface area (Å²) in [4.78, 5) is 28.1. The highest BCUT2D eigenvalue weighted by molar-refractivity contribution is 6.07. The Morgan fingerprint density at radius 1 is 1.13 bits per heavy atom. The van der Waals surface area contributed by atoms with Gasteiger partial charge in [0.2, 0.25) is 0 Å². The molecule has 0 atom stereocenters. The number of nitrogen functional groups attached to an aromatic ring is 1. The number of amides is 1. The van der Waals surface area contributed by atoms with Crippen LogP contribution < -0.4 is 15.8 Å². The van der Waals surface area contributed by atoms with E-state index in [9.17, 15) is 9.59 Å². The van der Waals surface area contributed by atoms with Gasteiger partial charge in [-0.1, -0.05) is 18.2 Å². The second kappa shape index (κ2) is 7.55. The van der Waals surface area contributed by atoms with Crippen LogP contribution in [0.15, 0.2) is 60.9 Å². The zero-order valence-electron chi connectivity index (χ0n) is 15.9. The zero-order chi connectivity index (χ0) is 21.3. The molecule has 0 aliphatic heterocycles. The first-order chi connectivity index (χ1) is 14.5. The monoisotopic (exact) mass is 403 g/mol. The molecule has 0 bridgehead atoms. The zero-order valence-corrected chi connectivity index (χ0v) is 15.9. The first-order valence-electron chi connectivity index (χ1n) is 8.89. The van der Waals surface area contributed by atoms with Gasteiger partial charge in [-0.05, 0) is 35.9 Å². The Bertz CT molecular complexity index is 1260. The number of fused-ring (bicyclic) bond motifs is 1. The molecule has 2 aromatic carbocycles. The molecule has 0 aliphatic carbocycles. The second-order valence-corrected chi connectivity index (χ2v) is 6.42. The van der Waals surface area contributed by atoms with Crippen LogP contribution in [-0.4, -0.2) is 38.7 Å². The van der Waals surface area contributed by atoms with Crippen molar-refractivity contribution in [2.45, 2.75) is 0 Å². The van der Waals surface area contributed by atoms with Crippen molar-refractivity contribution in [2.75, 3.05) is 18.2 Å². The molecular weight excluding hydrogens is 386 g/mol. The van der Waals surface area contributed by atoms with Crippen molar-refractivity contribution >= 4 is 29.0 Å². The second-order valence-electron chi connectivity index (χ2n) is 6.42. The van der Waals surface area contributed by atoms with Gasteiger partial charge >= 0.3 is 5.97 Å². The molecule has 0 radical (unpaired) electrons. The third-order valence-electron chi connectivity index (χ3n) is 4.58. The van der Waals surface area contributed by atoms with Gasteiger partial charge < -0.3 is 20.9 Å². The Kier molecular flexibility index (Phi) is 4.77. The van der Waals surface area contributed by atoms with E-state index in [4.69, 9.17) is 15.6 Å². The molecule has 30 heavy (non-hydrogen) atoms. The van der Waals surface area contributed by atoms with Crippen LogP contribution in [0.4, 0.5) is 11.5 Å². The smallest absolute Gasteiger partial charge is 0.335 e. The summed E-state index contributed by atoms with van der Waals surface area (Å²) in [5.41, 5.74) is 8.82. The lowest BCUT2D eigenvalue weighted by Gasteiger charge is -2.09. The number of rotatable bonds is 5. The third kappa shape index (κ3) is 3.39. The van der Waals surface area contributed by atoms with E-state index in [0.29, 0.717) is 11.3 Å². The fourth-order valence-electron chi connectivity index (χ4n) is 3.03. The molecule has 4 N–H and O–H groups in total. The molecule has 0 aliphatic rings. The Labute approximate surface area is 170 Å². The minimum absolute atomic E-state index is 0.0607. The Morgan fingerprint density at radius 3 is 2.60 bits per heavy atom. The number of carboxylic acids is 1. The van der Waals surface area contributed by atoms with Gasteiger partial charge in [-0.3, -0.25) is 4.79 Å². The van der Waals surface area contributed by atoms with E-state index in [-0.39, 0.29) is 16.9 Å². The lowest BCUT2D eigenvalue weighted by atomic mass is 10.1. The lowest BCUT2D eigenvalue weighted by Crippen LogP contribution is -2.17. The van der Waals surface area contributed by atoms with Gasteiger partial charge in [0.25, 0.3) is 5.91 Å². The summed E-state index contributed by atoms with van der Waals surface area (Å²) in [6.07, 6.45) is 2.99. The highest BCUT2D eigenvalue weighted by atomic mass is 16.5. The van der Waals surface area contributed by atoms with Crippen molar-refractivity contribution in [3.63, 3.8) is 0 Å². The molecule has 0 saturated heterocycles. The minimum atomic E-state index is -1.09. The Balaban J connectivity index is 1.66. The van der Waals surface area contributed by atoms with Crippen LogP contribution in [0.3, 0.4) is 0 Å². The average Bonchev–Trinajstić information content (AvgIpc) is 3.19. The molecule has 150 valence electrons. The van der Waals surface area contributed by atoms with E-state index in [2.05, 4.69) is 15.4 Å². The van der Waals surface area contributed by atoms with E-state index in [1.807, 2.05) is 24.3 Å². The quantitative estimate of drug-likeness (QED) is 0.467. The van der Waals surface area contributed by atoms with E-state index in [1.54, 1.807) is 25.4 Å². The summed E-state index contributed by atoms with van der Waals surface area (Å²) < 4.78 is 6.56. The predicted octanol–water partition coefficient (Wildman–Crippen LogP) is 2.94. The van der Waals surface area contributed by atoms with Gasteiger partial charge in [-0.25, -0.2) is 9.78 Å². The lowest BCUT2D eigenvalue weighted by molar-refractivity contribution is 0.0696. The molecule has 2 heterocycles. The van der Waals surface area contributed by atoms with Gasteiger partial charge in [-0.15, -0.1) is 0 Å². The number of carbonyl (C=O) groups is 2. The number of carboxylic acid groups (broad SMARTS) is 1. The van der Waals surface area contributed by atoms with Gasteiger partial charge in [0.05, 0.1) is 18.9 Å². The predicted molar refractivity (Wildman–Crippen MR) is 111 cm³/mol. The maximum absolute atomic E-state index is 12.7. The van der Waals surface area contributed by atoms with Gasteiger partial charge in [0.15, 0.2) is 5.65 Å². The highest BCUT2D eigenvalue weighted by Crippen LogP contribution is 2.27. The molecule has 0 unspecified atom stereocenters. The number of aromatic carboxylic acids is 1. The third-order valence-corrected chi connectivity index (χ3v) is 4.58. The summed E-state index contributed by atoms with van der Waals surface area (Å²) in [5.74, 6) is -0.762. The van der Waals surface area contributed by atoms with Gasteiger partial charge in [0, 0.05) is 17.4 Å². The number of anilines is 2. The number of aromatic nitrogens is 3. The largest absolute Gasteiger partial charge is 0.497 e. The summed E-state index contributed by atoms with van der Waals surface area (Å²) in [7, 11) is 1.59. The fourth-order valence-corrected chi connectivity index (χ4v) is 3.03. The molecule has 1 amide bonds. The van der Waals surface area contributed by atoms with E-state index >= 15 is 0 Å². The number of nitrogens with two attached hydrogens (primary N) is 1. The topological polar surface area (TPSA) is 132 Å². The van der Waals surface area contributed by atoms with Crippen LogP contribution in [0, 0.1) is 0 Å². The maximum Gasteiger partial charge on any atom is 0.335 e. The first kappa shape index (κ1) is 18.9. The number of carbonyl (C=O) groups excluding carboxylic acids is 1. The summed E-state index contributed by atoms with van der Waals surface area (Å²) in [6.45, 7) is 0. The number of nitrogens with zero attached hydrogens (tertiary/aromatic N) is 3. The number of hydrogen-bond acceptors (Lipinski definition) is 6. The molecule has 0 saturated carbocycles. The first-order valence-corrected chi connectivity index (χ1v) is 8.89. The number of methoxy groups -OCH3 is 1. The van der Waals surface area contributed by atoms with Crippen LogP contribution in [0.1, 0.15) is 20.7 Å². The van der Waals surface area contributed by atoms with Crippen LogP contribution in [-0.2, 0) is 0 Å².